The van der Waals surface area contributed by atoms with E-state index in [-0.39, 0.29) is 0 Å². The minimum atomic E-state index is 0.332. The number of nitrogens with one attached hydrogen (secondary N) is 1. The number of rotatable bonds is 4. The van der Waals surface area contributed by atoms with Crippen LogP contribution in [0.25, 0.3) is 0 Å². The third kappa shape index (κ3) is 2.60. The lowest BCUT2D eigenvalue weighted by molar-refractivity contribution is 0.227. The van der Waals surface area contributed by atoms with E-state index in [1.54, 1.807) is 0 Å². The lowest BCUT2D eigenvalue weighted by Gasteiger charge is -2.23. The normalized spacial score (nSPS) is 21.9. The first-order chi connectivity index (χ1) is 5.34. The molecule has 1 aliphatic heterocycles. The predicted octanol–water partition coefficient (Wildman–Crippen LogP) is 0.127. The van der Waals surface area contributed by atoms with Gasteiger partial charge in [-0.15, -0.1) is 0 Å². The van der Waals surface area contributed by atoms with Gasteiger partial charge in [0.25, 0.3) is 0 Å². The summed E-state index contributed by atoms with van der Waals surface area (Å²) in [5.41, 5.74) is 0. The number of likely N-dealkylation sites (tertiary alicyclic amines) is 1. The fraction of sp³-hybridized carbons (Fsp3) is 0.875. The SMILES string of the molecule is CC(NC[C]=O)N1CCCC1. The van der Waals surface area contributed by atoms with Crippen LogP contribution in [0.3, 0.4) is 0 Å². The number of carbonyl (C=O) groups excluding carboxylic acids is 1. The Balaban J connectivity index is 2.16. The fourth-order valence-corrected chi connectivity index (χ4v) is 1.45. The predicted molar refractivity (Wildman–Crippen MR) is 44.0 cm³/mol. The number of hydrogen-bond donors (Lipinski definition) is 1. The van der Waals surface area contributed by atoms with Crippen LogP contribution in [0.4, 0.5) is 0 Å². The first-order valence-electron chi connectivity index (χ1n) is 4.17. The van der Waals surface area contributed by atoms with Crippen LogP contribution in [0.2, 0.25) is 0 Å². The molecule has 1 saturated heterocycles. The van der Waals surface area contributed by atoms with Crippen molar-refractivity contribution in [3.8, 4) is 0 Å². The first kappa shape index (κ1) is 8.68. The van der Waals surface area contributed by atoms with Crippen molar-refractivity contribution in [2.24, 2.45) is 0 Å². The molecule has 0 aromatic rings. The van der Waals surface area contributed by atoms with E-state index in [1.807, 2.05) is 6.29 Å². The van der Waals surface area contributed by atoms with E-state index >= 15 is 0 Å². The average Bonchev–Trinajstić information content (AvgIpc) is 2.52. The van der Waals surface area contributed by atoms with Gasteiger partial charge in [0.15, 0.2) is 0 Å². The minimum absolute atomic E-state index is 0.332. The molecular formula is C8H15N2O. The van der Waals surface area contributed by atoms with Crippen molar-refractivity contribution < 1.29 is 4.79 Å². The van der Waals surface area contributed by atoms with Gasteiger partial charge in [-0.25, -0.2) is 0 Å². The highest BCUT2D eigenvalue weighted by Crippen LogP contribution is 2.09. The van der Waals surface area contributed by atoms with E-state index in [0.29, 0.717) is 12.7 Å². The van der Waals surface area contributed by atoms with Gasteiger partial charge in [0, 0.05) is 0 Å². The Hall–Kier alpha value is -0.410. The highest BCUT2D eigenvalue weighted by atomic mass is 16.1. The van der Waals surface area contributed by atoms with Crippen molar-refractivity contribution in [2.75, 3.05) is 19.6 Å². The highest BCUT2D eigenvalue weighted by molar-refractivity contribution is 5.52. The van der Waals surface area contributed by atoms with Crippen LogP contribution >= 0.6 is 0 Å². The van der Waals surface area contributed by atoms with Crippen LogP contribution in [-0.2, 0) is 4.79 Å². The quantitative estimate of drug-likeness (QED) is 0.626. The molecule has 1 rings (SSSR count). The maximum atomic E-state index is 9.92. The zero-order chi connectivity index (χ0) is 8.10. The molecule has 3 nitrogen and oxygen atoms in total. The Labute approximate surface area is 67.8 Å². The Morgan fingerprint density at radius 3 is 2.73 bits per heavy atom. The molecule has 1 N–H and O–H groups in total. The monoisotopic (exact) mass is 155 g/mol. The Kier molecular flexibility index (Phi) is 3.52. The molecule has 0 aromatic heterocycles. The highest BCUT2D eigenvalue weighted by Gasteiger charge is 2.16. The van der Waals surface area contributed by atoms with Gasteiger partial charge in [-0.3, -0.25) is 15.0 Å². The summed E-state index contributed by atoms with van der Waals surface area (Å²) in [5, 5.41) is 3.08. The molecule has 1 atom stereocenters. The number of nitrogens with zero attached hydrogens (tertiary/aromatic N) is 1. The second kappa shape index (κ2) is 4.46. The molecule has 0 spiro atoms. The molecule has 0 amide bonds. The van der Waals surface area contributed by atoms with Gasteiger partial charge in [-0.2, -0.15) is 0 Å². The molecule has 1 heterocycles. The summed E-state index contributed by atoms with van der Waals surface area (Å²) < 4.78 is 0. The van der Waals surface area contributed by atoms with Crippen molar-refractivity contribution in [3.05, 3.63) is 0 Å². The first-order valence-corrected chi connectivity index (χ1v) is 4.17. The maximum absolute atomic E-state index is 9.92. The fourth-order valence-electron chi connectivity index (χ4n) is 1.45. The van der Waals surface area contributed by atoms with E-state index in [4.69, 9.17) is 0 Å². The molecule has 1 radical (unpaired) electrons. The van der Waals surface area contributed by atoms with Gasteiger partial charge >= 0.3 is 0 Å². The molecule has 0 saturated carbocycles. The van der Waals surface area contributed by atoms with Crippen LogP contribution in [0, 0.1) is 0 Å². The molecule has 1 unspecified atom stereocenters. The lowest BCUT2D eigenvalue weighted by atomic mass is 10.4. The Bertz CT molecular complexity index is 121. The van der Waals surface area contributed by atoms with Gasteiger partial charge in [-0.05, 0) is 32.9 Å². The third-order valence-electron chi connectivity index (χ3n) is 2.16. The summed E-state index contributed by atoms with van der Waals surface area (Å²) in [5.74, 6) is 0. The molecule has 0 aromatic carbocycles. The van der Waals surface area contributed by atoms with Crippen LogP contribution in [-0.4, -0.2) is 37.0 Å². The van der Waals surface area contributed by atoms with Gasteiger partial charge in [-0.1, -0.05) is 0 Å². The topological polar surface area (TPSA) is 32.3 Å². The van der Waals surface area contributed by atoms with Gasteiger partial charge in [0.2, 0.25) is 6.29 Å². The summed E-state index contributed by atoms with van der Waals surface area (Å²) in [6.07, 6.45) is 4.74. The summed E-state index contributed by atoms with van der Waals surface area (Å²) >= 11 is 0. The van der Waals surface area contributed by atoms with Crippen LogP contribution < -0.4 is 5.32 Å². The van der Waals surface area contributed by atoms with E-state index in [2.05, 4.69) is 17.1 Å². The molecule has 11 heavy (non-hydrogen) atoms. The van der Waals surface area contributed by atoms with Crippen molar-refractivity contribution >= 4 is 6.29 Å². The zero-order valence-corrected chi connectivity index (χ0v) is 6.97. The van der Waals surface area contributed by atoms with Crippen molar-refractivity contribution in [2.45, 2.75) is 25.9 Å². The van der Waals surface area contributed by atoms with Crippen LogP contribution in [0.15, 0.2) is 0 Å². The molecule has 0 aliphatic carbocycles. The second-order valence-electron chi connectivity index (χ2n) is 2.94. The second-order valence-corrected chi connectivity index (χ2v) is 2.94. The van der Waals surface area contributed by atoms with Crippen molar-refractivity contribution in [3.63, 3.8) is 0 Å². The van der Waals surface area contributed by atoms with E-state index in [0.717, 1.165) is 13.1 Å². The summed E-state index contributed by atoms with van der Waals surface area (Å²) in [4.78, 5) is 12.3. The Morgan fingerprint density at radius 1 is 1.55 bits per heavy atom. The lowest BCUT2D eigenvalue weighted by Crippen LogP contribution is -2.42. The molecule has 1 aliphatic rings. The van der Waals surface area contributed by atoms with Crippen molar-refractivity contribution in [1.29, 1.82) is 0 Å². The maximum Gasteiger partial charge on any atom is 0.213 e. The Morgan fingerprint density at radius 2 is 2.18 bits per heavy atom. The standard InChI is InChI=1S/C8H15N2O/c1-8(9-4-7-11)10-5-2-3-6-10/h8-9H,2-6H2,1H3. The largest absolute Gasteiger partial charge is 0.294 e. The third-order valence-corrected chi connectivity index (χ3v) is 2.16. The summed E-state index contributed by atoms with van der Waals surface area (Å²) in [6.45, 7) is 4.75. The van der Waals surface area contributed by atoms with Crippen LogP contribution in [0.1, 0.15) is 19.8 Å². The molecule has 3 heteroatoms. The van der Waals surface area contributed by atoms with Crippen LogP contribution in [0.5, 0.6) is 0 Å². The smallest absolute Gasteiger partial charge is 0.213 e. The van der Waals surface area contributed by atoms with Crippen molar-refractivity contribution in [1.82, 2.24) is 10.2 Å². The molecule has 0 bridgehead atoms. The van der Waals surface area contributed by atoms with E-state index < -0.39 is 0 Å². The minimum Gasteiger partial charge on any atom is -0.294 e. The molecule has 63 valence electrons. The van der Waals surface area contributed by atoms with E-state index in [9.17, 15) is 4.79 Å². The average molecular weight is 155 g/mol. The molecule has 1 fully saturated rings. The summed E-state index contributed by atoms with van der Waals surface area (Å²) in [7, 11) is 0. The zero-order valence-electron chi connectivity index (χ0n) is 6.97. The van der Waals surface area contributed by atoms with E-state index in [1.165, 1.54) is 12.8 Å². The van der Waals surface area contributed by atoms with Gasteiger partial charge < -0.3 is 0 Å². The molecular weight excluding hydrogens is 140 g/mol. The van der Waals surface area contributed by atoms with Gasteiger partial charge in [0.1, 0.15) is 0 Å². The van der Waals surface area contributed by atoms with Gasteiger partial charge in [0.05, 0.1) is 12.7 Å². The number of hydrogen-bond acceptors (Lipinski definition) is 3. The summed E-state index contributed by atoms with van der Waals surface area (Å²) in [6, 6.07) is 0.